The smallest absolute Gasteiger partial charge is 0.317 e. The van der Waals surface area contributed by atoms with Crippen molar-refractivity contribution < 1.29 is 14.6 Å². The summed E-state index contributed by atoms with van der Waals surface area (Å²) in [4.78, 5) is 14.1. The molecule has 1 fully saturated rings. The minimum atomic E-state index is -0.353. The van der Waals surface area contributed by atoms with Gasteiger partial charge in [0.05, 0.1) is 24.9 Å². The summed E-state index contributed by atoms with van der Waals surface area (Å²) in [7, 11) is 0. The third-order valence-electron chi connectivity index (χ3n) is 3.94. The Morgan fingerprint density at radius 2 is 2.20 bits per heavy atom. The largest absolute Gasteiger partial charge is 0.393 e. The second kappa shape index (κ2) is 6.76. The van der Waals surface area contributed by atoms with Gasteiger partial charge in [0, 0.05) is 13.1 Å². The molecular weight excluding hydrogens is 256 g/mol. The summed E-state index contributed by atoms with van der Waals surface area (Å²) in [5, 5.41) is 12.4. The van der Waals surface area contributed by atoms with E-state index >= 15 is 0 Å². The molecule has 1 saturated heterocycles. The zero-order valence-electron chi connectivity index (χ0n) is 13.5. The topological polar surface area (TPSA) is 61.8 Å². The van der Waals surface area contributed by atoms with Crippen molar-refractivity contribution in [1.82, 2.24) is 10.2 Å². The van der Waals surface area contributed by atoms with Crippen molar-refractivity contribution >= 4 is 6.03 Å². The van der Waals surface area contributed by atoms with Crippen LogP contribution in [0.5, 0.6) is 0 Å². The van der Waals surface area contributed by atoms with Gasteiger partial charge in [-0.3, -0.25) is 0 Å². The number of carbonyl (C=O) groups excluding carboxylic acids is 1. The zero-order valence-corrected chi connectivity index (χ0v) is 13.5. The molecule has 1 aliphatic rings. The summed E-state index contributed by atoms with van der Waals surface area (Å²) >= 11 is 0. The third-order valence-corrected chi connectivity index (χ3v) is 3.94. The van der Waals surface area contributed by atoms with Gasteiger partial charge in [0.25, 0.3) is 0 Å². The van der Waals surface area contributed by atoms with E-state index in [0.717, 1.165) is 6.42 Å². The van der Waals surface area contributed by atoms with E-state index in [-0.39, 0.29) is 23.2 Å². The molecule has 0 aromatic rings. The van der Waals surface area contributed by atoms with E-state index in [2.05, 4.69) is 26.1 Å². The van der Waals surface area contributed by atoms with Crippen LogP contribution in [-0.2, 0) is 4.74 Å². The van der Waals surface area contributed by atoms with Crippen LogP contribution in [0.2, 0.25) is 0 Å². The summed E-state index contributed by atoms with van der Waals surface area (Å²) in [6, 6.07) is -0.0355. The van der Waals surface area contributed by atoms with E-state index in [1.54, 1.807) is 6.92 Å². The van der Waals surface area contributed by atoms with Gasteiger partial charge < -0.3 is 20.1 Å². The second-order valence-corrected chi connectivity index (χ2v) is 6.95. The molecule has 2 N–H and O–H groups in total. The number of nitrogens with one attached hydrogen (secondary N) is 1. The van der Waals surface area contributed by atoms with Crippen LogP contribution >= 0.6 is 0 Å². The van der Waals surface area contributed by atoms with Crippen LogP contribution in [0.1, 0.15) is 47.5 Å². The Kier molecular flexibility index (Phi) is 5.83. The molecule has 2 atom stereocenters. The molecule has 2 amide bonds. The standard InChI is InChI=1S/C15H30N2O3/c1-6-15(5)11-17(7-8-20-15)13(19)16-10-14(3,4)9-12(2)18/h12,18H,6-11H2,1-5H3,(H,16,19)/t12-,15-/m0/s1. The van der Waals surface area contributed by atoms with Crippen molar-refractivity contribution in [3.8, 4) is 0 Å². The number of aliphatic hydroxyl groups is 1. The SMILES string of the molecule is CC[C@@]1(C)CN(C(=O)NCC(C)(C)C[C@H](C)O)CCO1. The highest BCUT2D eigenvalue weighted by Gasteiger charge is 2.33. The lowest BCUT2D eigenvalue weighted by Crippen LogP contribution is -2.55. The van der Waals surface area contributed by atoms with Crippen molar-refractivity contribution in [2.24, 2.45) is 5.41 Å². The molecule has 0 radical (unpaired) electrons. The van der Waals surface area contributed by atoms with E-state index in [4.69, 9.17) is 4.74 Å². The number of carbonyl (C=O) groups is 1. The van der Waals surface area contributed by atoms with E-state index in [1.165, 1.54) is 0 Å². The number of hydrogen-bond donors (Lipinski definition) is 2. The summed E-state index contributed by atoms with van der Waals surface area (Å²) in [5.41, 5.74) is -0.338. The normalized spacial score (nSPS) is 25.4. The summed E-state index contributed by atoms with van der Waals surface area (Å²) in [6.07, 6.45) is 1.21. The van der Waals surface area contributed by atoms with Crippen molar-refractivity contribution in [3.05, 3.63) is 0 Å². The molecule has 118 valence electrons. The first kappa shape index (κ1) is 17.2. The lowest BCUT2D eigenvalue weighted by atomic mass is 9.87. The average molecular weight is 286 g/mol. The van der Waals surface area contributed by atoms with Crippen LogP contribution < -0.4 is 5.32 Å². The number of morpholine rings is 1. The molecule has 1 heterocycles. The molecule has 1 rings (SSSR count). The van der Waals surface area contributed by atoms with Crippen molar-refractivity contribution in [1.29, 1.82) is 0 Å². The molecule has 1 aliphatic heterocycles. The van der Waals surface area contributed by atoms with Gasteiger partial charge in [-0.05, 0) is 32.1 Å². The van der Waals surface area contributed by atoms with Crippen LogP contribution in [0, 0.1) is 5.41 Å². The molecule has 0 saturated carbocycles. The third kappa shape index (κ3) is 5.29. The highest BCUT2D eigenvalue weighted by atomic mass is 16.5. The fraction of sp³-hybridized carbons (Fsp3) is 0.933. The van der Waals surface area contributed by atoms with E-state index in [1.807, 2.05) is 11.8 Å². The Hall–Kier alpha value is -0.810. The van der Waals surface area contributed by atoms with E-state index in [9.17, 15) is 9.90 Å². The highest BCUT2D eigenvalue weighted by Crippen LogP contribution is 2.23. The molecule has 0 aromatic carbocycles. The number of ether oxygens (including phenoxy) is 1. The van der Waals surface area contributed by atoms with Gasteiger partial charge in [-0.15, -0.1) is 0 Å². The first-order valence-electron chi connectivity index (χ1n) is 7.52. The predicted molar refractivity (Wildman–Crippen MR) is 79.7 cm³/mol. The quantitative estimate of drug-likeness (QED) is 0.812. The molecule has 0 bridgehead atoms. The minimum absolute atomic E-state index is 0.0355. The number of hydrogen-bond acceptors (Lipinski definition) is 3. The molecule has 0 aromatic heterocycles. The monoisotopic (exact) mass is 286 g/mol. The number of aliphatic hydroxyl groups excluding tert-OH is 1. The van der Waals surface area contributed by atoms with Gasteiger partial charge >= 0.3 is 6.03 Å². The van der Waals surface area contributed by atoms with Gasteiger partial charge in [0.2, 0.25) is 0 Å². The van der Waals surface area contributed by atoms with E-state index in [0.29, 0.717) is 32.7 Å². The fourth-order valence-electron chi connectivity index (χ4n) is 2.62. The lowest BCUT2D eigenvalue weighted by molar-refractivity contribution is -0.0873. The van der Waals surface area contributed by atoms with Crippen molar-refractivity contribution in [2.75, 3.05) is 26.2 Å². The van der Waals surface area contributed by atoms with Gasteiger partial charge in [0.1, 0.15) is 0 Å². The first-order chi connectivity index (χ1) is 9.17. The maximum atomic E-state index is 12.2. The number of urea groups is 1. The average Bonchev–Trinajstić information content (AvgIpc) is 2.34. The Morgan fingerprint density at radius 1 is 1.55 bits per heavy atom. The van der Waals surface area contributed by atoms with Crippen LogP contribution in [0.3, 0.4) is 0 Å². The molecule has 5 nitrogen and oxygen atoms in total. The van der Waals surface area contributed by atoms with Gasteiger partial charge in [-0.25, -0.2) is 4.79 Å². The second-order valence-electron chi connectivity index (χ2n) is 6.95. The summed E-state index contributed by atoms with van der Waals surface area (Å²) in [5.74, 6) is 0. The fourth-order valence-corrected chi connectivity index (χ4v) is 2.62. The molecule has 5 heteroatoms. The first-order valence-corrected chi connectivity index (χ1v) is 7.52. The van der Waals surface area contributed by atoms with Crippen LogP contribution in [0.4, 0.5) is 4.79 Å². The van der Waals surface area contributed by atoms with Gasteiger partial charge in [-0.1, -0.05) is 20.8 Å². The lowest BCUT2D eigenvalue weighted by Gasteiger charge is -2.40. The van der Waals surface area contributed by atoms with Gasteiger partial charge in [0.15, 0.2) is 0 Å². The molecule has 0 spiro atoms. The minimum Gasteiger partial charge on any atom is -0.393 e. The Labute approximate surface area is 122 Å². The molecular formula is C15H30N2O3. The van der Waals surface area contributed by atoms with Crippen molar-refractivity contribution in [3.63, 3.8) is 0 Å². The Morgan fingerprint density at radius 3 is 2.75 bits per heavy atom. The number of amides is 2. The highest BCUT2D eigenvalue weighted by molar-refractivity contribution is 5.74. The summed E-state index contributed by atoms with van der Waals surface area (Å²) < 4.78 is 5.74. The van der Waals surface area contributed by atoms with Gasteiger partial charge in [-0.2, -0.15) is 0 Å². The zero-order chi connectivity index (χ0) is 15.4. The molecule has 0 unspecified atom stereocenters. The van der Waals surface area contributed by atoms with Crippen LogP contribution in [0.25, 0.3) is 0 Å². The molecule has 20 heavy (non-hydrogen) atoms. The maximum absolute atomic E-state index is 12.2. The number of nitrogens with zero attached hydrogens (tertiary/aromatic N) is 1. The summed E-state index contributed by atoms with van der Waals surface area (Å²) in [6.45, 7) is 12.4. The number of rotatable bonds is 5. The molecule has 0 aliphatic carbocycles. The maximum Gasteiger partial charge on any atom is 0.317 e. The van der Waals surface area contributed by atoms with E-state index < -0.39 is 0 Å². The predicted octanol–water partition coefficient (Wildman–Crippen LogP) is 1.99. The Bertz CT molecular complexity index is 331. The Balaban J connectivity index is 2.46. The van der Waals surface area contributed by atoms with Crippen LogP contribution in [-0.4, -0.2) is 54.0 Å². The van der Waals surface area contributed by atoms with Crippen LogP contribution in [0.15, 0.2) is 0 Å². The van der Waals surface area contributed by atoms with Crippen molar-refractivity contribution in [2.45, 2.75) is 59.2 Å².